The molecule has 0 heterocycles. The van der Waals surface area contributed by atoms with Gasteiger partial charge in [-0.05, 0) is 30.7 Å². The van der Waals surface area contributed by atoms with Gasteiger partial charge in [0.15, 0.2) is 0 Å². The molecule has 0 aliphatic carbocycles. The summed E-state index contributed by atoms with van der Waals surface area (Å²) in [6.45, 7) is 0.226. The molecule has 7 heteroatoms. The van der Waals surface area contributed by atoms with Crippen LogP contribution in [0, 0.1) is 0 Å². The maximum atomic E-state index is 12.2. The topological polar surface area (TPSA) is 102 Å². The van der Waals surface area contributed by atoms with Gasteiger partial charge in [-0.2, -0.15) is 0 Å². The molecule has 2 aromatic rings. The molecular weight excluding hydrogens is 332 g/mol. The van der Waals surface area contributed by atoms with Crippen LogP contribution in [-0.2, 0) is 4.79 Å². The number of halogens is 1. The monoisotopic (exact) mass is 350 g/mol. The molecule has 0 atom stereocenters. The molecule has 0 aromatic heterocycles. The summed E-state index contributed by atoms with van der Waals surface area (Å²) in [5.74, 6) is -0.718. The van der Waals surface area contributed by atoms with Gasteiger partial charge in [0.1, 0.15) is 5.75 Å². The number of anilines is 2. The Morgan fingerprint density at radius 2 is 1.83 bits per heavy atom. The third-order valence-electron chi connectivity index (χ3n) is 3.08. The highest BCUT2D eigenvalue weighted by atomic mass is 35.5. The van der Waals surface area contributed by atoms with Crippen LogP contribution >= 0.6 is 12.4 Å². The number of hydrogen-bond acceptors (Lipinski definition) is 4. The number of carboxylic acids is 1. The first-order valence-corrected chi connectivity index (χ1v) is 7.17. The summed E-state index contributed by atoms with van der Waals surface area (Å²) in [5, 5.41) is 11.4. The second-order valence-electron chi connectivity index (χ2n) is 4.92. The van der Waals surface area contributed by atoms with E-state index in [4.69, 9.17) is 15.6 Å². The van der Waals surface area contributed by atoms with Crippen LogP contribution in [-0.4, -0.2) is 23.6 Å². The molecule has 2 aromatic carbocycles. The van der Waals surface area contributed by atoms with Crippen LogP contribution in [0.5, 0.6) is 5.75 Å². The predicted molar refractivity (Wildman–Crippen MR) is 94.9 cm³/mol. The van der Waals surface area contributed by atoms with Crippen molar-refractivity contribution in [3.05, 3.63) is 54.1 Å². The van der Waals surface area contributed by atoms with E-state index < -0.39 is 5.97 Å². The highest BCUT2D eigenvalue weighted by Gasteiger charge is 2.10. The molecular formula is C17H19ClN2O4. The number of ether oxygens (including phenoxy) is 1. The summed E-state index contributed by atoms with van der Waals surface area (Å²) < 4.78 is 5.55. The number of carboxylic acid groups (broad SMARTS) is 1. The first-order chi connectivity index (χ1) is 11.1. The van der Waals surface area contributed by atoms with Crippen molar-refractivity contribution in [2.75, 3.05) is 17.7 Å². The normalized spacial score (nSPS) is 9.67. The molecule has 0 aliphatic heterocycles. The minimum atomic E-state index is -0.876. The van der Waals surface area contributed by atoms with Gasteiger partial charge in [-0.15, -0.1) is 12.4 Å². The highest BCUT2D eigenvalue weighted by molar-refractivity contribution is 6.05. The van der Waals surface area contributed by atoms with Crippen molar-refractivity contribution in [3.63, 3.8) is 0 Å². The average molecular weight is 351 g/mol. The molecule has 0 saturated carbocycles. The lowest BCUT2D eigenvalue weighted by Gasteiger charge is -2.13. The molecule has 0 radical (unpaired) electrons. The molecule has 4 N–H and O–H groups in total. The standard InChI is InChI=1S/C17H18N2O4.ClH/c18-13-8-9-14(15(11-13)23-10-4-7-16(20)21)19-17(22)12-5-2-1-3-6-12;/h1-3,5-6,8-9,11H,4,7,10,18H2,(H,19,22)(H,20,21);1H. The molecule has 2 rings (SSSR count). The number of rotatable bonds is 7. The zero-order valence-corrected chi connectivity index (χ0v) is 13.7. The van der Waals surface area contributed by atoms with E-state index in [1.165, 1.54) is 0 Å². The molecule has 0 fully saturated rings. The number of carbonyl (C=O) groups is 2. The predicted octanol–water partition coefficient (Wildman–Crippen LogP) is 3.19. The lowest BCUT2D eigenvalue weighted by atomic mass is 10.2. The summed E-state index contributed by atoms with van der Waals surface area (Å²) in [7, 11) is 0. The van der Waals surface area contributed by atoms with Crippen molar-refractivity contribution in [1.29, 1.82) is 0 Å². The Hall–Kier alpha value is -2.73. The highest BCUT2D eigenvalue weighted by Crippen LogP contribution is 2.27. The van der Waals surface area contributed by atoms with E-state index in [9.17, 15) is 9.59 Å². The van der Waals surface area contributed by atoms with Gasteiger partial charge in [0.05, 0.1) is 12.3 Å². The van der Waals surface area contributed by atoms with E-state index in [1.54, 1.807) is 42.5 Å². The Kier molecular flexibility index (Phi) is 7.58. The number of nitrogen functional groups attached to an aromatic ring is 1. The van der Waals surface area contributed by atoms with Crippen molar-refractivity contribution in [2.45, 2.75) is 12.8 Å². The van der Waals surface area contributed by atoms with Crippen molar-refractivity contribution >= 4 is 35.7 Å². The van der Waals surface area contributed by atoms with Gasteiger partial charge in [0.2, 0.25) is 0 Å². The summed E-state index contributed by atoms with van der Waals surface area (Å²) in [4.78, 5) is 22.7. The van der Waals surface area contributed by atoms with Crippen LogP contribution in [0.25, 0.3) is 0 Å². The van der Waals surface area contributed by atoms with Gasteiger partial charge in [-0.3, -0.25) is 9.59 Å². The summed E-state index contributed by atoms with van der Waals surface area (Å²) >= 11 is 0. The summed E-state index contributed by atoms with van der Waals surface area (Å²) in [6, 6.07) is 13.7. The third-order valence-corrected chi connectivity index (χ3v) is 3.08. The Labute approximate surface area is 146 Å². The molecule has 24 heavy (non-hydrogen) atoms. The maximum absolute atomic E-state index is 12.2. The first kappa shape index (κ1) is 19.3. The number of aliphatic carboxylic acids is 1. The molecule has 1 amide bonds. The quantitative estimate of drug-likeness (QED) is 0.525. The van der Waals surface area contributed by atoms with Crippen LogP contribution in [0.3, 0.4) is 0 Å². The smallest absolute Gasteiger partial charge is 0.303 e. The van der Waals surface area contributed by atoms with E-state index in [0.717, 1.165) is 0 Å². The van der Waals surface area contributed by atoms with Gasteiger partial charge in [-0.25, -0.2) is 0 Å². The number of carbonyl (C=O) groups excluding carboxylic acids is 1. The summed E-state index contributed by atoms with van der Waals surface area (Å²) in [5.41, 5.74) is 7.25. The molecule has 0 bridgehead atoms. The van der Waals surface area contributed by atoms with Crippen molar-refractivity contribution < 1.29 is 19.4 Å². The van der Waals surface area contributed by atoms with Crippen LogP contribution < -0.4 is 15.8 Å². The second kappa shape index (κ2) is 9.42. The number of hydrogen-bond donors (Lipinski definition) is 3. The number of benzene rings is 2. The molecule has 128 valence electrons. The first-order valence-electron chi connectivity index (χ1n) is 7.17. The van der Waals surface area contributed by atoms with E-state index >= 15 is 0 Å². The van der Waals surface area contributed by atoms with E-state index in [-0.39, 0.29) is 31.3 Å². The van der Waals surface area contributed by atoms with Crippen molar-refractivity contribution in [3.8, 4) is 5.75 Å². The van der Waals surface area contributed by atoms with Gasteiger partial charge in [0, 0.05) is 23.7 Å². The Bertz CT molecular complexity index is 692. The van der Waals surface area contributed by atoms with Crippen molar-refractivity contribution in [2.24, 2.45) is 0 Å². The number of amides is 1. The summed E-state index contributed by atoms with van der Waals surface area (Å²) in [6.07, 6.45) is 0.393. The maximum Gasteiger partial charge on any atom is 0.303 e. The van der Waals surface area contributed by atoms with Crippen LogP contribution in [0.1, 0.15) is 23.2 Å². The second-order valence-corrected chi connectivity index (χ2v) is 4.92. The largest absolute Gasteiger partial charge is 0.491 e. The zero-order valence-electron chi connectivity index (χ0n) is 12.9. The van der Waals surface area contributed by atoms with Crippen LogP contribution in [0.2, 0.25) is 0 Å². The average Bonchev–Trinajstić information content (AvgIpc) is 2.54. The SMILES string of the molecule is Cl.Nc1ccc(NC(=O)c2ccccc2)c(OCCCC(=O)O)c1. The number of nitrogens with one attached hydrogen (secondary N) is 1. The molecule has 6 nitrogen and oxygen atoms in total. The fraction of sp³-hybridized carbons (Fsp3) is 0.176. The van der Waals surface area contributed by atoms with Gasteiger partial charge in [-0.1, -0.05) is 18.2 Å². The van der Waals surface area contributed by atoms with Gasteiger partial charge in [0.25, 0.3) is 5.91 Å². The van der Waals surface area contributed by atoms with Gasteiger partial charge >= 0.3 is 5.97 Å². The Balaban J connectivity index is 0.00000288. The van der Waals surface area contributed by atoms with Crippen LogP contribution in [0.15, 0.2) is 48.5 Å². The molecule has 0 saturated heterocycles. The van der Waals surface area contributed by atoms with Crippen molar-refractivity contribution in [1.82, 2.24) is 0 Å². The zero-order chi connectivity index (χ0) is 16.7. The lowest BCUT2D eigenvalue weighted by Crippen LogP contribution is -2.13. The molecule has 0 aliphatic rings. The number of nitrogens with two attached hydrogens (primary N) is 1. The molecule has 0 unspecified atom stereocenters. The van der Waals surface area contributed by atoms with Gasteiger partial charge < -0.3 is 20.9 Å². The minimum absolute atomic E-state index is 0. The van der Waals surface area contributed by atoms with E-state index in [0.29, 0.717) is 29.1 Å². The fourth-order valence-electron chi connectivity index (χ4n) is 1.95. The third kappa shape index (κ3) is 5.81. The Morgan fingerprint density at radius 1 is 1.12 bits per heavy atom. The molecule has 0 spiro atoms. The minimum Gasteiger partial charge on any atom is -0.491 e. The van der Waals surface area contributed by atoms with Crippen LogP contribution in [0.4, 0.5) is 11.4 Å². The fourth-order valence-corrected chi connectivity index (χ4v) is 1.95. The van der Waals surface area contributed by atoms with E-state index in [2.05, 4.69) is 5.32 Å². The van der Waals surface area contributed by atoms with E-state index in [1.807, 2.05) is 6.07 Å². The lowest BCUT2D eigenvalue weighted by molar-refractivity contribution is -0.137. The Morgan fingerprint density at radius 3 is 2.50 bits per heavy atom.